The molecule has 0 aromatic heterocycles. The third kappa shape index (κ3) is 2.38. The average molecular weight is 254 g/mol. The van der Waals surface area contributed by atoms with Crippen molar-refractivity contribution < 1.29 is 21.2 Å². The van der Waals surface area contributed by atoms with Crippen molar-refractivity contribution >= 4 is 0 Å². The van der Waals surface area contributed by atoms with E-state index >= 15 is 0 Å². The molecule has 0 aromatic carbocycles. The quantitative estimate of drug-likeness (QED) is 0.314. The van der Waals surface area contributed by atoms with Crippen LogP contribution in [0.4, 0.5) is 0 Å². The van der Waals surface area contributed by atoms with Crippen LogP contribution >= 0.6 is 0 Å². The fraction of sp³-hybridized carbons (Fsp3) is 1.00. The number of hydrogen-bond donors (Lipinski definition) is 0. The molecule has 0 amide bonds. The molecule has 0 radical (unpaired) electrons. The fourth-order valence-corrected chi connectivity index (χ4v) is 3.78. The van der Waals surface area contributed by atoms with Crippen molar-refractivity contribution in [2.45, 2.75) is 29.7 Å². The summed E-state index contributed by atoms with van der Waals surface area (Å²) >= 11 is 0.454. The van der Waals surface area contributed by atoms with Crippen molar-refractivity contribution in [3.05, 3.63) is 0 Å². The van der Waals surface area contributed by atoms with Gasteiger partial charge in [0, 0.05) is 0 Å². The third-order valence-corrected chi connectivity index (χ3v) is 5.19. The van der Waals surface area contributed by atoms with E-state index in [1.807, 2.05) is 0 Å². The van der Waals surface area contributed by atoms with Crippen molar-refractivity contribution in [2.24, 2.45) is 0 Å². The molecule has 1 heterocycles. The van der Waals surface area contributed by atoms with Crippen molar-refractivity contribution in [3.8, 4) is 0 Å². The second-order valence-corrected chi connectivity index (χ2v) is 5.67. The maximum atomic E-state index is 2.57. The van der Waals surface area contributed by atoms with Crippen molar-refractivity contribution in [3.63, 3.8) is 0 Å². The fourth-order valence-electron chi connectivity index (χ4n) is 1.49. The van der Waals surface area contributed by atoms with Gasteiger partial charge < -0.3 is 0 Å². The summed E-state index contributed by atoms with van der Waals surface area (Å²) < 4.78 is 0.987. The number of likely N-dealkylation sites (tertiary alicyclic amines) is 1. The van der Waals surface area contributed by atoms with E-state index in [9.17, 15) is 0 Å². The van der Waals surface area contributed by atoms with Crippen LogP contribution in [0.25, 0.3) is 0 Å². The Labute approximate surface area is 74.4 Å². The molecule has 1 atom stereocenters. The zero-order chi connectivity index (χ0) is 7.40. The molecule has 1 saturated heterocycles. The van der Waals surface area contributed by atoms with Crippen LogP contribution in [-0.4, -0.2) is 27.5 Å². The summed E-state index contributed by atoms with van der Waals surface area (Å²) in [6, 6.07) is 0. The summed E-state index contributed by atoms with van der Waals surface area (Å²) in [5.74, 6) is 0. The molecule has 0 N–H and O–H groups in total. The number of hydrogen-bond acceptors (Lipinski definition) is 1. The van der Waals surface area contributed by atoms with E-state index in [2.05, 4.69) is 16.9 Å². The first-order valence-corrected chi connectivity index (χ1v) is 7.43. The predicted molar refractivity (Wildman–Crippen MR) is 40.8 cm³/mol. The molecule has 1 aliphatic heterocycles. The molecule has 0 spiro atoms. The predicted octanol–water partition coefficient (Wildman–Crippen LogP) is -1.46. The Balaban J connectivity index is 2.35. The molecular weight excluding hydrogens is 237 g/mol. The molecule has 0 aliphatic carbocycles. The molecular formula is C8H17IN-. The number of alkyl halides is 2. The summed E-state index contributed by atoms with van der Waals surface area (Å²) in [4.78, 5) is 4.98. The van der Waals surface area contributed by atoms with E-state index < -0.39 is 0 Å². The van der Waals surface area contributed by atoms with Gasteiger partial charge in [-0.3, -0.25) is 0 Å². The molecule has 2 heteroatoms. The van der Waals surface area contributed by atoms with Gasteiger partial charge in [0.25, 0.3) is 0 Å². The Morgan fingerprint density at radius 3 is 2.80 bits per heavy atom. The minimum atomic E-state index is 0.454. The van der Waals surface area contributed by atoms with E-state index in [1.54, 1.807) is 0 Å². The molecule has 1 rings (SSSR count). The average Bonchev–Trinajstić information content (AvgIpc) is 2.13. The van der Waals surface area contributed by atoms with E-state index in [1.165, 1.54) is 32.2 Å². The van der Waals surface area contributed by atoms with E-state index in [0.29, 0.717) is 21.2 Å². The van der Waals surface area contributed by atoms with Crippen LogP contribution in [0.2, 0.25) is 0 Å². The molecule has 62 valence electrons. The normalized spacial score (nSPS) is 30.4. The van der Waals surface area contributed by atoms with Crippen LogP contribution in [0.1, 0.15) is 25.7 Å². The van der Waals surface area contributed by atoms with Crippen LogP contribution in [0.5, 0.6) is 0 Å². The summed E-state index contributed by atoms with van der Waals surface area (Å²) in [6.45, 7) is 1.35. The SMILES string of the molecule is C[I-]C1CCCCCN1C. The van der Waals surface area contributed by atoms with Gasteiger partial charge in [0.05, 0.1) is 0 Å². The Bertz CT molecular complexity index is 95.3. The third-order valence-electron chi connectivity index (χ3n) is 2.18. The summed E-state index contributed by atoms with van der Waals surface area (Å²) in [7, 11) is 2.29. The number of halogens is 1. The summed E-state index contributed by atoms with van der Waals surface area (Å²) in [5.41, 5.74) is 0. The topological polar surface area (TPSA) is 3.24 Å². The van der Waals surface area contributed by atoms with Crippen molar-refractivity contribution in [1.82, 2.24) is 4.90 Å². The standard InChI is InChI=1S/C8H17IN/c1-9-8-6-4-3-5-7-10(8)2/h8H,3-7H2,1-2H3/q-1. The maximum absolute atomic E-state index is 2.57. The second kappa shape index (κ2) is 4.54. The Hall–Kier alpha value is 0.690. The molecule has 1 unspecified atom stereocenters. The van der Waals surface area contributed by atoms with E-state index in [-0.39, 0.29) is 0 Å². The van der Waals surface area contributed by atoms with Crippen molar-refractivity contribution in [2.75, 3.05) is 18.5 Å². The summed E-state index contributed by atoms with van der Waals surface area (Å²) in [6.07, 6.45) is 5.84. The van der Waals surface area contributed by atoms with E-state index in [0.717, 1.165) is 4.05 Å². The molecule has 1 nitrogen and oxygen atoms in total. The van der Waals surface area contributed by atoms with Crippen LogP contribution in [0, 0.1) is 0 Å². The van der Waals surface area contributed by atoms with Crippen LogP contribution < -0.4 is 21.2 Å². The molecule has 0 bridgehead atoms. The van der Waals surface area contributed by atoms with Crippen LogP contribution in [-0.2, 0) is 0 Å². The first-order valence-electron chi connectivity index (χ1n) is 4.03. The van der Waals surface area contributed by atoms with Gasteiger partial charge in [-0.2, -0.15) is 0 Å². The van der Waals surface area contributed by atoms with Gasteiger partial charge in [0.15, 0.2) is 0 Å². The monoisotopic (exact) mass is 254 g/mol. The number of nitrogens with zero attached hydrogens (tertiary/aromatic N) is 1. The Kier molecular flexibility index (Phi) is 3.99. The number of rotatable bonds is 1. The summed E-state index contributed by atoms with van der Waals surface area (Å²) in [5, 5.41) is 0. The van der Waals surface area contributed by atoms with Crippen LogP contribution in [0.3, 0.4) is 0 Å². The Morgan fingerprint density at radius 2 is 2.10 bits per heavy atom. The van der Waals surface area contributed by atoms with Crippen molar-refractivity contribution in [1.29, 1.82) is 0 Å². The Morgan fingerprint density at radius 1 is 1.30 bits per heavy atom. The molecule has 0 saturated carbocycles. The van der Waals surface area contributed by atoms with Gasteiger partial charge in [0.2, 0.25) is 0 Å². The molecule has 10 heavy (non-hydrogen) atoms. The van der Waals surface area contributed by atoms with Gasteiger partial charge >= 0.3 is 74.4 Å². The zero-order valence-corrected chi connectivity index (χ0v) is 9.10. The molecule has 0 aromatic rings. The van der Waals surface area contributed by atoms with Gasteiger partial charge in [-0.1, -0.05) is 0 Å². The second-order valence-electron chi connectivity index (χ2n) is 2.98. The molecule has 1 aliphatic rings. The van der Waals surface area contributed by atoms with Gasteiger partial charge in [0.1, 0.15) is 0 Å². The van der Waals surface area contributed by atoms with Gasteiger partial charge in [-0.15, -0.1) is 0 Å². The van der Waals surface area contributed by atoms with E-state index in [4.69, 9.17) is 0 Å². The minimum absolute atomic E-state index is 0.454. The van der Waals surface area contributed by atoms with Gasteiger partial charge in [-0.25, -0.2) is 0 Å². The zero-order valence-electron chi connectivity index (χ0n) is 6.94. The first kappa shape index (κ1) is 8.78. The molecule has 1 fully saturated rings. The van der Waals surface area contributed by atoms with Gasteiger partial charge in [-0.05, 0) is 0 Å². The van der Waals surface area contributed by atoms with Crippen LogP contribution in [0.15, 0.2) is 0 Å². The first-order chi connectivity index (χ1) is 4.84.